The van der Waals surface area contributed by atoms with E-state index in [1.165, 1.54) is 18.4 Å². The van der Waals surface area contributed by atoms with Crippen LogP contribution in [0.1, 0.15) is 43.9 Å². The lowest BCUT2D eigenvalue weighted by molar-refractivity contribution is -0.0453. The molecule has 3 nitrogen and oxygen atoms in total. The normalized spacial score (nSPS) is 29.1. The van der Waals surface area contributed by atoms with Gasteiger partial charge in [0.25, 0.3) is 0 Å². The van der Waals surface area contributed by atoms with E-state index in [0.717, 1.165) is 26.2 Å². The van der Waals surface area contributed by atoms with Crippen molar-refractivity contribution in [3.63, 3.8) is 0 Å². The van der Waals surface area contributed by atoms with Crippen LogP contribution in [0.5, 0.6) is 0 Å². The third-order valence-corrected chi connectivity index (χ3v) is 5.13. The quantitative estimate of drug-likeness (QED) is 0.925. The molecule has 1 saturated heterocycles. The fraction of sp³-hybridized carbons (Fsp3) is 0.667. The Morgan fingerprint density at radius 2 is 2.14 bits per heavy atom. The van der Waals surface area contributed by atoms with Crippen molar-refractivity contribution < 1.29 is 4.74 Å². The zero-order valence-corrected chi connectivity index (χ0v) is 13.6. The van der Waals surface area contributed by atoms with Gasteiger partial charge in [-0.3, -0.25) is 4.90 Å². The molecule has 0 radical (unpaired) electrons. The SMILES string of the molecule is CNCC1CN(C2CCC(C)(C)c3ccccc32)CCO1. The third-order valence-electron chi connectivity index (χ3n) is 5.13. The lowest BCUT2D eigenvalue weighted by atomic mass is 9.70. The van der Waals surface area contributed by atoms with E-state index in [0.29, 0.717) is 17.6 Å². The molecule has 116 valence electrons. The van der Waals surface area contributed by atoms with Gasteiger partial charge in [0.05, 0.1) is 12.7 Å². The van der Waals surface area contributed by atoms with Crippen molar-refractivity contribution in [1.29, 1.82) is 0 Å². The van der Waals surface area contributed by atoms with Crippen LogP contribution < -0.4 is 5.32 Å². The van der Waals surface area contributed by atoms with Crippen molar-refractivity contribution in [2.45, 2.75) is 44.2 Å². The van der Waals surface area contributed by atoms with Gasteiger partial charge < -0.3 is 10.1 Å². The van der Waals surface area contributed by atoms with E-state index in [4.69, 9.17) is 4.74 Å². The van der Waals surface area contributed by atoms with E-state index in [2.05, 4.69) is 48.3 Å². The summed E-state index contributed by atoms with van der Waals surface area (Å²) in [5.41, 5.74) is 3.39. The van der Waals surface area contributed by atoms with Crippen molar-refractivity contribution >= 4 is 0 Å². The Kier molecular flexibility index (Phi) is 4.34. The Labute approximate surface area is 128 Å². The molecule has 0 saturated carbocycles. The van der Waals surface area contributed by atoms with Gasteiger partial charge in [0, 0.05) is 25.7 Å². The van der Waals surface area contributed by atoms with Crippen LogP contribution >= 0.6 is 0 Å². The first-order valence-corrected chi connectivity index (χ1v) is 8.21. The minimum Gasteiger partial charge on any atom is -0.374 e. The van der Waals surface area contributed by atoms with Gasteiger partial charge in [0.1, 0.15) is 0 Å². The van der Waals surface area contributed by atoms with Gasteiger partial charge >= 0.3 is 0 Å². The highest BCUT2D eigenvalue weighted by Gasteiger charge is 2.36. The predicted molar refractivity (Wildman–Crippen MR) is 86.7 cm³/mol. The van der Waals surface area contributed by atoms with Crippen molar-refractivity contribution in [2.75, 3.05) is 33.3 Å². The summed E-state index contributed by atoms with van der Waals surface area (Å²) in [6.45, 7) is 8.65. The third kappa shape index (κ3) is 3.01. The lowest BCUT2D eigenvalue weighted by Gasteiger charge is -2.44. The average Bonchev–Trinajstić information content (AvgIpc) is 2.48. The maximum atomic E-state index is 5.86. The molecule has 0 spiro atoms. The number of nitrogens with zero attached hydrogens (tertiary/aromatic N) is 1. The van der Waals surface area contributed by atoms with E-state index in [-0.39, 0.29) is 0 Å². The standard InChI is InChI=1S/C18H28N2O/c1-18(2)9-8-17(15-6-4-5-7-16(15)18)20-10-11-21-14(13-20)12-19-3/h4-7,14,17,19H,8-13H2,1-3H3. The van der Waals surface area contributed by atoms with Crippen LogP contribution in [-0.4, -0.2) is 44.3 Å². The number of benzene rings is 1. The predicted octanol–water partition coefficient (Wildman–Crippen LogP) is 2.72. The number of nitrogens with one attached hydrogen (secondary N) is 1. The lowest BCUT2D eigenvalue weighted by Crippen LogP contribution is -2.48. The molecule has 1 fully saturated rings. The van der Waals surface area contributed by atoms with Gasteiger partial charge in [0.2, 0.25) is 0 Å². The molecule has 1 aromatic rings. The monoisotopic (exact) mass is 288 g/mol. The van der Waals surface area contributed by atoms with Crippen molar-refractivity contribution in [3.8, 4) is 0 Å². The summed E-state index contributed by atoms with van der Waals surface area (Å²) in [7, 11) is 2.00. The Balaban J connectivity index is 1.83. The van der Waals surface area contributed by atoms with E-state index >= 15 is 0 Å². The van der Waals surface area contributed by atoms with Crippen LogP contribution in [0.15, 0.2) is 24.3 Å². The molecule has 1 heterocycles. The van der Waals surface area contributed by atoms with Gasteiger partial charge in [-0.25, -0.2) is 0 Å². The van der Waals surface area contributed by atoms with Crippen LogP contribution in [0, 0.1) is 0 Å². The molecule has 1 aliphatic heterocycles. The van der Waals surface area contributed by atoms with Gasteiger partial charge in [-0.2, -0.15) is 0 Å². The Morgan fingerprint density at radius 1 is 1.33 bits per heavy atom. The van der Waals surface area contributed by atoms with Crippen LogP contribution in [0.2, 0.25) is 0 Å². The van der Waals surface area contributed by atoms with Crippen molar-refractivity contribution in [3.05, 3.63) is 35.4 Å². The fourth-order valence-corrected chi connectivity index (χ4v) is 3.95. The summed E-state index contributed by atoms with van der Waals surface area (Å²) < 4.78 is 5.86. The zero-order valence-electron chi connectivity index (χ0n) is 13.6. The molecule has 3 rings (SSSR count). The molecule has 0 aromatic heterocycles. The molecule has 0 bridgehead atoms. The minimum atomic E-state index is 0.309. The number of fused-ring (bicyclic) bond motifs is 1. The molecule has 1 N–H and O–H groups in total. The fourth-order valence-electron chi connectivity index (χ4n) is 3.95. The highest BCUT2D eigenvalue weighted by atomic mass is 16.5. The van der Waals surface area contributed by atoms with E-state index in [1.807, 2.05) is 7.05 Å². The number of likely N-dealkylation sites (N-methyl/N-ethyl adjacent to an activating group) is 1. The first kappa shape index (κ1) is 15.0. The van der Waals surface area contributed by atoms with Crippen LogP contribution in [0.3, 0.4) is 0 Å². The van der Waals surface area contributed by atoms with Gasteiger partial charge in [-0.15, -0.1) is 0 Å². The smallest absolute Gasteiger partial charge is 0.0826 e. The minimum absolute atomic E-state index is 0.309. The molecule has 21 heavy (non-hydrogen) atoms. The summed E-state index contributed by atoms with van der Waals surface area (Å²) in [5, 5.41) is 3.24. The van der Waals surface area contributed by atoms with Gasteiger partial charge in [-0.05, 0) is 36.4 Å². The van der Waals surface area contributed by atoms with Crippen LogP contribution in [-0.2, 0) is 10.2 Å². The summed E-state index contributed by atoms with van der Waals surface area (Å²) in [6, 6.07) is 9.61. The summed E-state index contributed by atoms with van der Waals surface area (Å²) >= 11 is 0. The number of ether oxygens (including phenoxy) is 1. The van der Waals surface area contributed by atoms with E-state index < -0.39 is 0 Å². The highest BCUT2D eigenvalue weighted by Crippen LogP contribution is 2.44. The van der Waals surface area contributed by atoms with Gasteiger partial charge in [-0.1, -0.05) is 38.1 Å². The first-order chi connectivity index (χ1) is 10.1. The van der Waals surface area contributed by atoms with E-state index in [9.17, 15) is 0 Å². The Bertz CT molecular complexity index is 484. The molecule has 2 unspecified atom stereocenters. The maximum Gasteiger partial charge on any atom is 0.0826 e. The molecule has 1 aromatic carbocycles. The van der Waals surface area contributed by atoms with Crippen molar-refractivity contribution in [1.82, 2.24) is 10.2 Å². The number of hydrogen-bond acceptors (Lipinski definition) is 3. The Morgan fingerprint density at radius 3 is 2.95 bits per heavy atom. The number of rotatable bonds is 3. The zero-order chi connectivity index (χ0) is 14.9. The second-order valence-corrected chi connectivity index (χ2v) is 7.07. The van der Waals surface area contributed by atoms with E-state index in [1.54, 1.807) is 5.56 Å². The van der Waals surface area contributed by atoms with Crippen LogP contribution in [0.4, 0.5) is 0 Å². The second kappa shape index (κ2) is 6.07. The molecule has 2 atom stereocenters. The molecule has 0 amide bonds. The topological polar surface area (TPSA) is 24.5 Å². The second-order valence-electron chi connectivity index (χ2n) is 7.07. The molecule has 2 aliphatic rings. The number of morpholine rings is 1. The maximum absolute atomic E-state index is 5.86. The molecule has 1 aliphatic carbocycles. The molecular formula is C18H28N2O. The Hall–Kier alpha value is -0.900. The highest BCUT2D eigenvalue weighted by molar-refractivity contribution is 5.38. The summed E-state index contributed by atoms with van der Waals surface area (Å²) in [5.74, 6) is 0. The molecular weight excluding hydrogens is 260 g/mol. The summed E-state index contributed by atoms with van der Waals surface area (Å²) in [4.78, 5) is 2.64. The number of hydrogen-bond donors (Lipinski definition) is 1. The van der Waals surface area contributed by atoms with Crippen molar-refractivity contribution in [2.24, 2.45) is 0 Å². The largest absolute Gasteiger partial charge is 0.374 e. The van der Waals surface area contributed by atoms with Gasteiger partial charge in [0.15, 0.2) is 0 Å². The van der Waals surface area contributed by atoms with Crippen LogP contribution in [0.25, 0.3) is 0 Å². The molecule has 3 heteroatoms. The summed E-state index contributed by atoms with van der Waals surface area (Å²) in [6.07, 6.45) is 2.85. The average molecular weight is 288 g/mol. The first-order valence-electron chi connectivity index (χ1n) is 8.21.